The molecule has 0 aliphatic rings. The molecular weight excluding hydrogens is 152 g/mol. The molecule has 0 aliphatic carbocycles. The van der Waals surface area contributed by atoms with Crippen molar-refractivity contribution in [3.8, 4) is 5.75 Å². The quantitative estimate of drug-likeness (QED) is 0.627. The van der Waals surface area contributed by atoms with Gasteiger partial charge in [0.15, 0.2) is 0 Å². The summed E-state index contributed by atoms with van der Waals surface area (Å²) in [5.41, 5.74) is 0. The zero-order chi connectivity index (χ0) is 9.23. The second-order valence-electron chi connectivity index (χ2n) is 1.91. The number of carbonyl (C=O) groups excluding carboxylic acids is 1. The van der Waals surface area contributed by atoms with Crippen LogP contribution in [0.5, 0.6) is 5.75 Å². The predicted octanol–water partition coefficient (Wildman–Crippen LogP) is 2.10. The maximum Gasteiger partial charge on any atom is 0.120 e. The van der Waals surface area contributed by atoms with E-state index >= 15 is 0 Å². The zero-order valence-corrected chi connectivity index (χ0v) is 7.19. The van der Waals surface area contributed by atoms with Gasteiger partial charge in [-0.2, -0.15) is 0 Å². The summed E-state index contributed by atoms with van der Waals surface area (Å²) in [6.45, 7) is 5.52. The number of hydrogen-bond acceptors (Lipinski definition) is 2. The van der Waals surface area contributed by atoms with Crippen LogP contribution in [0.25, 0.3) is 0 Å². The number of rotatable bonds is 2. The van der Waals surface area contributed by atoms with Gasteiger partial charge in [-0.3, -0.25) is 0 Å². The first-order valence-electron chi connectivity index (χ1n) is 3.75. The molecule has 0 amide bonds. The maximum absolute atomic E-state index is 8.69. The Balaban J connectivity index is 0.000000354. The minimum Gasteiger partial charge on any atom is -0.494 e. The summed E-state index contributed by atoms with van der Waals surface area (Å²) >= 11 is 0. The molecule has 1 aromatic carbocycles. The molecule has 0 unspecified atom stereocenters. The molecule has 0 N–H and O–H groups in total. The van der Waals surface area contributed by atoms with Crippen LogP contribution in [0.15, 0.2) is 30.3 Å². The Kier molecular flexibility index (Phi) is 6.94. The van der Waals surface area contributed by atoms with Crippen LogP contribution in [0.3, 0.4) is 0 Å². The lowest BCUT2D eigenvalue weighted by atomic mass is 10.3. The van der Waals surface area contributed by atoms with E-state index in [1.165, 1.54) is 0 Å². The van der Waals surface area contributed by atoms with Gasteiger partial charge in [0.25, 0.3) is 0 Å². The van der Waals surface area contributed by atoms with Gasteiger partial charge in [0.2, 0.25) is 0 Å². The maximum atomic E-state index is 8.69. The first-order valence-corrected chi connectivity index (χ1v) is 3.75. The molecule has 0 aromatic heterocycles. The highest BCUT2D eigenvalue weighted by Crippen LogP contribution is 2.06. The topological polar surface area (TPSA) is 26.3 Å². The van der Waals surface area contributed by atoms with E-state index in [-0.39, 0.29) is 0 Å². The van der Waals surface area contributed by atoms with E-state index in [2.05, 4.69) is 6.92 Å². The lowest BCUT2D eigenvalue weighted by Gasteiger charge is -1.99. The fraction of sp³-hybridized carbons (Fsp3) is 0.200. The molecule has 12 heavy (non-hydrogen) atoms. The van der Waals surface area contributed by atoms with Crippen LogP contribution < -0.4 is 4.74 Å². The van der Waals surface area contributed by atoms with Crippen LogP contribution in [0, 0.1) is 6.92 Å². The van der Waals surface area contributed by atoms with E-state index in [4.69, 9.17) is 9.53 Å². The SMILES string of the molecule is CCOc1ccccc1.[CH2]C=O. The van der Waals surface area contributed by atoms with Gasteiger partial charge in [-0.05, 0) is 19.1 Å². The summed E-state index contributed by atoms with van der Waals surface area (Å²) in [6.07, 6.45) is 0.500. The number of para-hydroxylation sites is 1. The highest BCUT2D eigenvalue weighted by atomic mass is 16.5. The van der Waals surface area contributed by atoms with E-state index in [0.717, 1.165) is 12.4 Å². The van der Waals surface area contributed by atoms with E-state index in [1.54, 1.807) is 0 Å². The molecule has 0 aliphatic heterocycles. The molecule has 0 atom stereocenters. The number of aldehydes is 1. The fourth-order valence-corrected chi connectivity index (χ4v) is 0.683. The molecule has 0 bridgehead atoms. The van der Waals surface area contributed by atoms with E-state index in [1.807, 2.05) is 37.3 Å². The third-order valence-corrected chi connectivity index (χ3v) is 1.05. The first-order chi connectivity index (χ1) is 5.85. The van der Waals surface area contributed by atoms with Crippen LogP contribution in [-0.2, 0) is 4.79 Å². The Morgan fingerprint density at radius 1 is 1.42 bits per heavy atom. The third-order valence-electron chi connectivity index (χ3n) is 1.05. The number of hydrogen-bond donors (Lipinski definition) is 0. The Morgan fingerprint density at radius 2 is 1.92 bits per heavy atom. The van der Waals surface area contributed by atoms with Crippen molar-refractivity contribution >= 4 is 6.29 Å². The van der Waals surface area contributed by atoms with Crippen molar-refractivity contribution in [1.29, 1.82) is 0 Å². The second kappa shape index (κ2) is 7.79. The predicted molar refractivity (Wildman–Crippen MR) is 49.0 cm³/mol. The number of ether oxygens (including phenoxy) is 1. The van der Waals surface area contributed by atoms with Crippen molar-refractivity contribution in [1.82, 2.24) is 0 Å². The van der Waals surface area contributed by atoms with Crippen molar-refractivity contribution in [3.05, 3.63) is 37.3 Å². The largest absolute Gasteiger partial charge is 0.494 e. The van der Waals surface area contributed by atoms with Crippen LogP contribution in [0.2, 0.25) is 0 Å². The summed E-state index contributed by atoms with van der Waals surface area (Å²) in [7, 11) is 0. The Bertz CT molecular complexity index is 194. The average molecular weight is 165 g/mol. The summed E-state index contributed by atoms with van der Waals surface area (Å²) in [6, 6.07) is 9.80. The van der Waals surface area contributed by atoms with Gasteiger partial charge in [0, 0.05) is 6.92 Å². The van der Waals surface area contributed by atoms with E-state index < -0.39 is 0 Å². The van der Waals surface area contributed by atoms with Gasteiger partial charge in [-0.1, -0.05) is 18.2 Å². The summed E-state index contributed by atoms with van der Waals surface area (Å²) in [4.78, 5) is 8.69. The van der Waals surface area contributed by atoms with Crippen molar-refractivity contribution in [2.24, 2.45) is 0 Å². The molecule has 0 fully saturated rings. The highest BCUT2D eigenvalue weighted by Gasteiger charge is 1.83. The molecule has 2 heteroatoms. The fourth-order valence-electron chi connectivity index (χ4n) is 0.683. The first kappa shape index (κ1) is 10.7. The minimum absolute atomic E-state index is 0.500. The molecule has 0 spiro atoms. The molecule has 0 saturated carbocycles. The van der Waals surface area contributed by atoms with Crippen LogP contribution in [0.4, 0.5) is 0 Å². The van der Waals surface area contributed by atoms with Gasteiger partial charge in [-0.15, -0.1) is 0 Å². The molecule has 2 nitrogen and oxygen atoms in total. The smallest absolute Gasteiger partial charge is 0.120 e. The molecule has 0 heterocycles. The van der Waals surface area contributed by atoms with Crippen molar-refractivity contribution in [3.63, 3.8) is 0 Å². The van der Waals surface area contributed by atoms with Crippen molar-refractivity contribution in [2.75, 3.05) is 6.61 Å². The number of benzene rings is 1. The number of carbonyl (C=O) groups is 1. The van der Waals surface area contributed by atoms with Gasteiger partial charge < -0.3 is 9.53 Å². The van der Waals surface area contributed by atoms with Crippen LogP contribution >= 0.6 is 0 Å². The molecule has 1 aromatic rings. The minimum atomic E-state index is 0.500. The Morgan fingerprint density at radius 3 is 2.33 bits per heavy atom. The van der Waals surface area contributed by atoms with Crippen molar-refractivity contribution in [2.45, 2.75) is 6.92 Å². The van der Waals surface area contributed by atoms with E-state index in [9.17, 15) is 0 Å². The standard InChI is InChI=1S/C8H10O.C2H3O/c1-2-9-8-6-4-3-5-7-8;1-2-3/h3-7H,2H2,1H3;2H,1H2. The lowest BCUT2D eigenvalue weighted by molar-refractivity contribution is -0.104. The lowest BCUT2D eigenvalue weighted by Crippen LogP contribution is -1.89. The summed E-state index contributed by atoms with van der Waals surface area (Å²) in [5, 5.41) is 0. The molecule has 65 valence electrons. The molecular formula is C10H13O2. The van der Waals surface area contributed by atoms with Gasteiger partial charge in [0.1, 0.15) is 12.0 Å². The van der Waals surface area contributed by atoms with Crippen LogP contribution in [0.1, 0.15) is 6.92 Å². The zero-order valence-electron chi connectivity index (χ0n) is 7.19. The average Bonchev–Trinajstić information content (AvgIpc) is 2.08. The monoisotopic (exact) mass is 165 g/mol. The van der Waals surface area contributed by atoms with Gasteiger partial charge in [-0.25, -0.2) is 0 Å². The van der Waals surface area contributed by atoms with Gasteiger partial charge >= 0.3 is 0 Å². The van der Waals surface area contributed by atoms with Gasteiger partial charge in [0.05, 0.1) is 6.61 Å². The second-order valence-corrected chi connectivity index (χ2v) is 1.91. The van der Waals surface area contributed by atoms with Crippen LogP contribution in [-0.4, -0.2) is 12.9 Å². The molecule has 0 saturated heterocycles. The Labute approximate surface area is 73.2 Å². The molecule has 1 radical (unpaired) electrons. The van der Waals surface area contributed by atoms with E-state index in [0.29, 0.717) is 6.29 Å². The summed E-state index contributed by atoms with van der Waals surface area (Å²) in [5.74, 6) is 0.944. The normalized spacial score (nSPS) is 7.83. The molecule has 1 rings (SSSR count). The third kappa shape index (κ3) is 5.47. The van der Waals surface area contributed by atoms with Crippen molar-refractivity contribution < 1.29 is 9.53 Å². The Hall–Kier alpha value is -1.31. The highest BCUT2D eigenvalue weighted by molar-refractivity contribution is 5.53. The summed E-state index contributed by atoms with van der Waals surface area (Å²) < 4.78 is 5.21.